The van der Waals surface area contributed by atoms with Crippen LogP contribution in [0.5, 0.6) is 11.5 Å². The van der Waals surface area contributed by atoms with Gasteiger partial charge in [-0.3, -0.25) is 10.1 Å². The molecule has 0 saturated carbocycles. The Hall–Kier alpha value is -2.09. The van der Waals surface area contributed by atoms with Crippen LogP contribution in [0.15, 0.2) is 22.9 Å². The van der Waals surface area contributed by atoms with Crippen molar-refractivity contribution in [3.63, 3.8) is 0 Å². The number of benzene rings is 1. The number of hydrogen-bond donors (Lipinski definition) is 1. The van der Waals surface area contributed by atoms with Crippen molar-refractivity contribution in [1.82, 2.24) is 14.8 Å². The number of carbonyl (C=O) groups excluding carboxylic acids is 1. The largest absolute Gasteiger partial charge is 0.493 e. The maximum absolute atomic E-state index is 11.9. The SMILES string of the molecule is CCOc1cc(Br)c([C@H]2CC(=O)Nc3ncnn32)cc1OC. The molecule has 1 atom stereocenters. The van der Waals surface area contributed by atoms with Crippen molar-refractivity contribution in [2.45, 2.75) is 19.4 Å². The molecule has 0 aliphatic carbocycles. The van der Waals surface area contributed by atoms with Gasteiger partial charge >= 0.3 is 0 Å². The van der Waals surface area contributed by atoms with Gasteiger partial charge in [-0.15, -0.1) is 0 Å². The van der Waals surface area contributed by atoms with E-state index < -0.39 is 0 Å². The molecule has 1 aromatic heterocycles. The van der Waals surface area contributed by atoms with E-state index in [1.54, 1.807) is 11.8 Å². The van der Waals surface area contributed by atoms with Gasteiger partial charge in [-0.1, -0.05) is 15.9 Å². The van der Waals surface area contributed by atoms with Gasteiger partial charge in [-0.25, -0.2) is 4.68 Å². The number of anilines is 1. The maximum atomic E-state index is 11.9. The van der Waals surface area contributed by atoms with Crippen LogP contribution in [0.3, 0.4) is 0 Å². The Balaban J connectivity index is 2.07. The first-order valence-corrected chi connectivity index (χ1v) is 7.63. The fourth-order valence-electron chi connectivity index (χ4n) is 2.48. The second-order valence-corrected chi connectivity index (χ2v) is 5.61. The molecule has 2 aromatic rings. The summed E-state index contributed by atoms with van der Waals surface area (Å²) < 4.78 is 13.5. The van der Waals surface area contributed by atoms with E-state index >= 15 is 0 Å². The van der Waals surface area contributed by atoms with Gasteiger partial charge in [0.1, 0.15) is 6.33 Å². The number of nitrogens with one attached hydrogen (secondary N) is 1. The highest BCUT2D eigenvalue weighted by molar-refractivity contribution is 9.10. The first kappa shape index (κ1) is 14.8. The summed E-state index contributed by atoms with van der Waals surface area (Å²) in [7, 11) is 1.59. The zero-order chi connectivity index (χ0) is 15.7. The minimum absolute atomic E-state index is 0.0924. The molecule has 1 aromatic carbocycles. The molecule has 7 nitrogen and oxygen atoms in total. The summed E-state index contributed by atoms with van der Waals surface area (Å²) in [5.41, 5.74) is 0.891. The molecule has 1 amide bonds. The molecule has 116 valence electrons. The van der Waals surface area contributed by atoms with Gasteiger partial charge in [-0.2, -0.15) is 10.1 Å². The van der Waals surface area contributed by atoms with Gasteiger partial charge in [0, 0.05) is 4.47 Å². The number of rotatable bonds is 4. The second kappa shape index (κ2) is 5.96. The van der Waals surface area contributed by atoms with E-state index in [2.05, 4.69) is 31.3 Å². The number of hydrogen-bond acceptors (Lipinski definition) is 5. The summed E-state index contributed by atoms with van der Waals surface area (Å²) in [5.74, 6) is 1.62. The summed E-state index contributed by atoms with van der Waals surface area (Å²) >= 11 is 3.55. The number of halogens is 1. The van der Waals surface area contributed by atoms with E-state index in [9.17, 15) is 4.79 Å². The highest BCUT2D eigenvalue weighted by atomic mass is 79.9. The third-order valence-electron chi connectivity index (χ3n) is 3.44. The van der Waals surface area contributed by atoms with Crippen molar-refractivity contribution in [3.05, 3.63) is 28.5 Å². The molecule has 0 unspecified atom stereocenters. The third-order valence-corrected chi connectivity index (χ3v) is 4.13. The Morgan fingerprint density at radius 1 is 1.45 bits per heavy atom. The molecule has 1 N–H and O–H groups in total. The lowest BCUT2D eigenvalue weighted by molar-refractivity contribution is -0.117. The first-order chi connectivity index (χ1) is 10.6. The Morgan fingerprint density at radius 3 is 3.00 bits per heavy atom. The van der Waals surface area contributed by atoms with Gasteiger partial charge in [0.05, 0.1) is 26.2 Å². The molecule has 22 heavy (non-hydrogen) atoms. The van der Waals surface area contributed by atoms with E-state index in [4.69, 9.17) is 9.47 Å². The lowest BCUT2D eigenvalue weighted by Crippen LogP contribution is -2.29. The number of fused-ring (bicyclic) bond motifs is 1. The van der Waals surface area contributed by atoms with Crippen molar-refractivity contribution in [2.75, 3.05) is 19.0 Å². The van der Waals surface area contributed by atoms with Crippen LogP contribution in [0.4, 0.5) is 5.95 Å². The summed E-state index contributed by atoms with van der Waals surface area (Å²) in [6.07, 6.45) is 1.71. The van der Waals surface area contributed by atoms with Crippen LogP contribution in [0.2, 0.25) is 0 Å². The molecule has 0 radical (unpaired) electrons. The van der Waals surface area contributed by atoms with Gasteiger partial charge in [0.15, 0.2) is 11.5 Å². The first-order valence-electron chi connectivity index (χ1n) is 6.83. The Labute approximate surface area is 135 Å². The smallest absolute Gasteiger partial charge is 0.229 e. The van der Waals surface area contributed by atoms with E-state index in [1.165, 1.54) is 6.33 Å². The topological polar surface area (TPSA) is 78.3 Å². The molecule has 0 saturated heterocycles. The minimum atomic E-state index is -0.245. The van der Waals surface area contributed by atoms with Crippen LogP contribution >= 0.6 is 15.9 Å². The normalized spacial score (nSPS) is 16.9. The fourth-order valence-corrected chi connectivity index (χ4v) is 3.07. The monoisotopic (exact) mass is 366 g/mol. The van der Waals surface area contributed by atoms with Gasteiger partial charge in [-0.05, 0) is 24.6 Å². The van der Waals surface area contributed by atoms with E-state index in [0.717, 1.165) is 10.0 Å². The van der Waals surface area contributed by atoms with Crippen molar-refractivity contribution in [1.29, 1.82) is 0 Å². The zero-order valence-corrected chi connectivity index (χ0v) is 13.8. The molecule has 1 aliphatic heterocycles. The Kier molecular flexibility index (Phi) is 4.02. The predicted octanol–water partition coefficient (Wildman–Crippen LogP) is 2.38. The fraction of sp³-hybridized carbons (Fsp3) is 0.357. The molecule has 1 aliphatic rings. The lowest BCUT2D eigenvalue weighted by atomic mass is 10.0. The number of nitrogens with zero attached hydrogens (tertiary/aromatic N) is 3. The van der Waals surface area contributed by atoms with Crippen molar-refractivity contribution < 1.29 is 14.3 Å². The van der Waals surface area contributed by atoms with E-state index in [0.29, 0.717) is 24.1 Å². The molecule has 3 rings (SSSR count). The lowest BCUT2D eigenvalue weighted by Gasteiger charge is -2.25. The molecule has 0 fully saturated rings. The maximum Gasteiger partial charge on any atom is 0.229 e. The predicted molar refractivity (Wildman–Crippen MR) is 83.3 cm³/mol. The van der Waals surface area contributed by atoms with Gasteiger partial charge in [0.2, 0.25) is 11.9 Å². The zero-order valence-electron chi connectivity index (χ0n) is 12.2. The summed E-state index contributed by atoms with van der Waals surface area (Å²) in [4.78, 5) is 15.9. The Bertz CT molecular complexity index is 716. The summed E-state index contributed by atoms with van der Waals surface area (Å²) in [5, 5.41) is 6.90. The van der Waals surface area contributed by atoms with E-state index in [-0.39, 0.29) is 18.4 Å². The van der Waals surface area contributed by atoms with Gasteiger partial charge < -0.3 is 9.47 Å². The third kappa shape index (κ3) is 2.54. The van der Waals surface area contributed by atoms with Crippen LogP contribution < -0.4 is 14.8 Å². The second-order valence-electron chi connectivity index (χ2n) is 4.75. The average molecular weight is 367 g/mol. The van der Waals surface area contributed by atoms with Crippen LogP contribution in [0, 0.1) is 0 Å². The number of aromatic nitrogens is 3. The molecule has 2 heterocycles. The van der Waals surface area contributed by atoms with Crippen molar-refractivity contribution >= 4 is 27.8 Å². The molecular weight excluding hydrogens is 352 g/mol. The van der Waals surface area contributed by atoms with E-state index in [1.807, 2.05) is 19.1 Å². The van der Waals surface area contributed by atoms with Crippen molar-refractivity contribution in [2.24, 2.45) is 0 Å². The quantitative estimate of drug-likeness (QED) is 0.898. The van der Waals surface area contributed by atoms with Gasteiger partial charge in [0.25, 0.3) is 0 Å². The number of amides is 1. The minimum Gasteiger partial charge on any atom is -0.493 e. The van der Waals surface area contributed by atoms with Crippen LogP contribution in [-0.2, 0) is 4.79 Å². The Morgan fingerprint density at radius 2 is 2.27 bits per heavy atom. The highest BCUT2D eigenvalue weighted by Crippen LogP contribution is 2.39. The average Bonchev–Trinajstić information content (AvgIpc) is 2.95. The van der Waals surface area contributed by atoms with Crippen LogP contribution in [0.1, 0.15) is 24.9 Å². The standard InChI is InChI=1S/C14H15BrN4O3/c1-3-22-12-5-9(15)8(4-11(12)21-2)10-6-13(20)18-14-16-7-17-19(10)14/h4-5,7,10H,3,6H2,1-2H3,(H,16,17,18,20)/t10-/m1/s1. The number of carbonyl (C=O) groups is 1. The molecule has 0 bridgehead atoms. The van der Waals surface area contributed by atoms with Crippen LogP contribution in [0.25, 0.3) is 0 Å². The molecular formula is C14H15BrN4O3. The highest BCUT2D eigenvalue weighted by Gasteiger charge is 2.30. The summed E-state index contributed by atoms with van der Waals surface area (Å²) in [6, 6.07) is 3.47. The molecule has 0 spiro atoms. The van der Waals surface area contributed by atoms with Crippen molar-refractivity contribution in [3.8, 4) is 11.5 Å². The summed E-state index contributed by atoms with van der Waals surface area (Å²) in [6.45, 7) is 2.45. The number of ether oxygens (including phenoxy) is 2. The number of methoxy groups -OCH3 is 1. The molecule has 8 heteroatoms. The van der Waals surface area contributed by atoms with Crippen LogP contribution in [-0.4, -0.2) is 34.4 Å².